The Morgan fingerprint density at radius 2 is 1.62 bits per heavy atom. The number of rotatable bonds is 3. The van der Waals surface area contributed by atoms with E-state index in [-0.39, 0.29) is 11.3 Å². The zero-order valence-corrected chi connectivity index (χ0v) is 16.2. The Bertz CT molecular complexity index is 1120. The van der Waals surface area contributed by atoms with E-state index >= 15 is 0 Å². The van der Waals surface area contributed by atoms with Gasteiger partial charge in [-0.1, -0.05) is 36.4 Å². The maximum atomic E-state index is 13.0. The number of carbonyl (C=O) groups is 2. The zero-order valence-electron chi connectivity index (χ0n) is 16.2. The fraction of sp³-hybridized carbons (Fsp3) is 0.125. The molecule has 1 aliphatic rings. The van der Waals surface area contributed by atoms with Crippen LogP contribution < -0.4 is 4.90 Å². The molecule has 1 amide bonds. The Labute approximate surface area is 169 Å². The molecule has 1 aliphatic heterocycles. The van der Waals surface area contributed by atoms with Crippen molar-refractivity contribution in [2.75, 3.05) is 4.90 Å². The van der Waals surface area contributed by atoms with Crippen LogP contribution in [0.5, 0.6) is 0 Å². The molecule has 4 rings (SSSR count). The minimum Gasteiger partial charge on any atom is -0.507 e. The van der Waals surface area contributed by atoms with Gasteiger partial charge in [0.1, 0.15) is 5.76 Å². The lowest BCUT2D eigenvalue weighted by atomic mass is 9.95. The first-order valence-electron chi connectivity index (χ1n) is 9.32. The van der Waals surface area contributed by atoms with E-state index in [1.807, 2.05) is 38.1 Å². The molecule has 3 aromatic rings. The number of aliphatic hydroxyl groups excluding tert-OH is 1. The van der Waals surface area contributed by atoms with Crippen molar-refractivity contribution in [2.24, 2.45) is 0 Å². The second-order valence-electron chi connectivity index (χ2n) is 7.08. The van der Waals surface area contributed by atoms with Gasteiger partial charge in [-0.05, 0) is 54.8 Å². The van der Waals surface area contributed by atoms with E-state index in [1.54, 1.807) is 48.8 Å². The number of Topliss-reactive ketones (excluding diaryl/α,β-unsaturated/α-hetero) is 1. The molecule has 1 atom stereocenters. The maximum Gasteiger partial charge on any atom is 0.300 e. The first kappa shape index (κ1) is 18.6. The summed E-state index contributed by atoms with van der Waals surface area (Å²) >= 11 is 0. The van der Waals surface area contributed by atoms with Crippen LogP contribution in [0.2, 0.25) is 0 Å². The van der Waals surface area contributed by atoms with Crippen LogP contribution in [-0.2, 0) is 9.59 Å². The summed E-state index contributed by atoms with van der Waals surface area (Å²) in [7, 11) is 0. The molecule has 0 bridgehead atoms. The summed E-state index contributed by atoms with van der Waals surface area (Å²) in [4.78, 5) is 31.6. The highest BCUT2D eigenvalue weighted by Gasteiger charge is 2.46. The van der Waals surface area contributed by atoms with E-state index < -0.39 is 17.7 Å². The summed E-state index contributed by atoms with van der Waals surface area (Å²) < 4.78 is 0. The number of aryl methyl sites for hydroxylation is 2. The SMILES string of the molecule is Cc1ccc(N2C(=O)C(=O)/C(=C(/O)c3ccccc3)C2c2ccncc2)cc1C. The van der Waals surface area contributed by atoms with Crippen molar-refractivity contribution >= 4 is 23.1 Å². The molecule has 5 heteroatoms. The largest absolute Gasteiger partial charge is 0.507 e. The zero-order chi connectivity index (χ0) is 20.5. The van der Waals surface area contributed by atoms with Crippen molar-refractivity contribution in [3.05, 3.63) is 101 Å². The molecule has 144 valence electrons. The molecule has 1 fully saturated rings. The van der Waals surface area contributed by atoms with Crippen LogP contribution in [0.4, 0.5) is 5.69 Å². The third-order valence-corrected chi connectivity index (χ3v) is 5.28. The number of ketones is 1. The molecular formula is C24H20N2O3. The molecule has 0 aliphatic carbocycles. The van der Waals surface area contributed by atoms with Crippen molar-refractivity contribution in [1.82, 2.24) is 4.98 Å². The number of carbonyl (C=O) groups excluding carboxylic acids is 2. The smallest absolute Gasteiger partial charge is 0.300 e. The lowest BCUT2D eigenvalue weighted by Gasteiger charge is -2.26. The van der Waals surface area contributed by atoms with Crippen LogP contribution in [-0.4, -0.2) is 21.8 Å². The second-order valence-corrected chi connectivity index (χ2v) is 7.08. The predicted molar refractivity (Wildman–Crippen MR) is 111 cm³/mol. The van der Waals surface area contributed by atoms with Gasteiger partial charge in [-0.25, -0.2) is 0 Å². The Kier molecular flexibility index (Phi) is 4.72. The maximum absolute atomic E-state index is 13.0. The van der Waals surface area contributed by atoms with Crippen LogP contribution in [0, 0.1) is 13.8 Å². The number of nitrogens with zero attached hydrogens (tertiary/aromatic N) is 2. The Balaban J connectivity index is 1.95. The van der Waals surface area contributed by atoms with Crippen LogP contribution in [0.25, 0.3) is 5.76 Å². The fourth-order valence-corrected chi connectivity index (χ4v) is 3.59. The van der Waals surface area contributed by atoms with Crippen molar-refractivity contribution in [1.29, 1.82) is 0 Å². The van der Waals surface area contributed by atoms with E-state index in [4.69, 9.17) is 0 Å². The summed E-state index contributed by atoms with van der Waals surface area (Å²) in [6.45, 7) is 3.95. The van der Waals surface area contributed by atoms with Gasteiger partial charge in [0.05, 0.1) is 11.6 Å². The number of hydrogen-bond acceptors (Lipinski definition) is 4. The molecule has 1 unspecified atom stereocenters. The molecule has 29 heavy (non-hydrogen) atoms. The first-order valence-corrected chi connectivity index (χ1v) is 9.32. The van der Waals surface area contributed by atoms with Gasteiger partial charge < -0.3 is 5.11 Å². The fourth-order valence-electron chi connectivity index (χ4n) is 3.59. The number of aliphatic hydroxyl groups is 1. The predicted octanol–water partition coefficient (Wildman–Crippen LogP) is 4.32. The van der Waals surface area contributed by atoms with Gasteiger partial charge in [0, 0.05) is 23.6 Å². The normalized spacial score (nSPS) is 18.3. The molecule has 1 N–H and O–H groups in total. The van der Waals surface area contributed by atoms with Crippen molar-refractivity contribution in [3.63, 3.8) is 0 Å². The Hall–Kier alpha value is -3.73. The molecule has 0 saturated carbocycles. The molecule has 1 saturated heterocycles. The summed E-state index contributed by atoms with van der Waals surface area (Å²) in [6.07, 6.45) is 3.22. The summed E-state index contributed by atoms with van der Waals surface area (Å²) in [6, 6.07) is 17.2. The third-order valence-electron chi connectivity index (χ3n) is 5.28. The van der Waals surface area contributed by atoms with E-state index in [2.05, 4.69) is 4.98 Å². The summed E-state index contributed by atoms with van der Waals surface area (Å²) in [5, 5.41) is 11.0. The van der Waals surface area contributed by atoms with Crippen molar-refractivity contribution < 1.29 is 14.7 Å². The van der Waals surface area contributed by atoms with E-state index in [1.165, 1.54) is 4.90 Å². The van der Waals surface area contributed by atoms with Gasteiger partial charge in [0.2, 0.25) is 0 Å². The van der Waals surface area contributed by atoms with Crippen LogP contribution >= 0.6 is 0 Å². The molecule has 2 heterocycles. The van der Waals surface area contributed by atoms with Gasteiger partial charge in [-0.15, -0.1) is 0 Å². The molecule has 1 aromatic heterocycles. The molecule has 5 nitrogen and oxygen atoms in total. The number of anilines is 1. The minimum absolute atomic E-state index is 0.0747. The van der Waals surface area contributed by atoms with Crippen LogP contribution in [0.1, 0.15) is 28.3 Å². The number of hydrogen-bond donors (Lipinski definition) is 1. The summed E-state index contributed by atoms with van der Waals surface area (Å²) in [5.41, 5.74) is 3.99. The van der Waals surface area contributed by atoms with E-state index in [0.717, 1.165) is 11.1 Å². The summed E-state index contributed by atoms with van der Waals surface area (Å²) in [5.74, 6) is -1.55. The number of benzene rings is 2. The second kappa shape index (κ2) is 7.36. The lowest BCUT2D eigenvalue weighted by molar-refractivity contribution is -0.132. The van der Waals surface area contributed by atoms with Gasteiger partial charge in [-0.2, -0.15) is 0 Å². The average Bonchev–Trinajstić information content (AvgIpc) is 3.02. The Morgan fingerprint density at radius 3 is 2.28 bits per heavy atom. The number of pyridine rings is 1. The van der Waals surface area contributed by atoms with Crippen molar-refractivity contribution in [3.8, 4) is 0 Å². The number of amides is 1. The minimum atomic E-state index is -0.736. The number of aromatic nitrogens is 1. The highest BCUT2D eigenvalue weighted by molar-refractivity contribution is 6.51. The Morgan fingerprint density at radius 1 is 0.931 bits per heavy atom. The quantitative estimate of drug-likeness (QED) is 0.415. The topological polar surface area (TPSA) is 70.5 Å². The van der Waals surface area contributed by atoms with Crippen LogP contribution in [0.3, 0.4) is 0 Å². The molecular weight excluding hydrogens is 364 g/mol. The van der Waals surface area contributed by atoms with Crippen LogP contribution in [0.15, 0.2) is 78.6 Å². The van der Waals surface area contributed by atoms with E-state index in [9.17, 15) is 14.7 Å². The van der Waals surface area contributed by atoms with Gasteiger partial charge in [-0.3, -0.25) is 19.5 Å². The molecule has 2 aromatic carbocycles. The van der Waals surface area contributed by atoms with Crippen molar-refractivity contribution in [2.45, 2.75) is 19.9 Å². The third kappa shape index (κ3) is 3.21. The van der Waals surface area contributed by atoms with Gasteiger partial charge in [0.25, 0.3) is 11.7 Å². The van der Waals surface area contributed by atoms with Gasteiger partial charge in [0.15, 0.2) is 0 Å². The average molecular weight is 384 g/mol. The highest BCUT2D eigenvalue weighted by atomic mass is 16.3. The molecule has 0 radical (unpaired) electrons. The molecule has 0 spiro atoms. The van der Waals surface area contributed by atoms with Gasteiger partial charge >= 0.3 is 0 Å². The standard InChI is InChI=1S/C24H20N2O3/c1-15-8-9-19(14-16(15)2)26-21(17-10-12-25-13-11-17)20(23(28)24(26)29)22(27)18-6-4-3-5-7-18/h3-14,21,27H,1-2H3/b22-20+. The lowest BCUT2D eigenvalue weighted by Crippen LogP contribution is -2.29. The van der Waals surface area contributed by atoms with E-state index in [0.29, 0.717) is 16.8 Å². The highest BCUT2D eigenvalue weighted by Crippen LogP contribution is 2.42. The monoisotopic (exact) mass is 384 g/mol. The first-order chi connectivity index (χ1) is 14.0.